The van der Waals surface area contributed by atoms with Gasteiger partial charge in [0.25, 0.3) is 16.8 Å². The Hall–Kier alpha value is -3.80. The standard InChI is InChI=1S/C25H18ClN3O6S2/c1-35-20-5-3-2-4-18(20)27-23(30)14-28-24(31)22(37-25(28)32)13-15-6-11-21(19(12-15)29(33)34)36-17-9-7-16(26)8-10-17/h2-13H,14H2,1H3,(H,27,30). The first-order valence-electron chi connectivity index (χ1n) is 10.7. The Kier molecular flexibility index (Phi) is 8.17. The molecule has 1 saturated heterocycles. The van der Waals surface area contributed by atoms with Gasteiger partial charge in [0.1, 0.15) is 12.3 Å². The van der Waals surface area contributed by atoms with Crippen LogP contribution in [-0.4, -0.2) is 40.5 Å². The molecule has 0 unspecified atom stereocenters. The van der Waals surface area contributed by atoms with E-state index in [1.807, 2.05) is 0 Å². The molecular formula is C25H18ClN3O6S2. The summed E-state index contributed by atoms with van der Waals surface area (Å²) < 4.78 is 5.18. The number of nitro benzene ring substituents is 1. The summed E-state index contributed by atoms with van der Waals surface area (Å²) in [5, 5.41) is 14.3. The highest BCUT2D eigenvalue weighted by molar-refractivity contribution is 8.18. The molecule has 1 N–H and O–H groups in total. The minimum Gasteiger partial charge on any atom is -0.495 e. The average molecular weight is 556 g/mol. The zero-order valence-electron chi connectivity index (χ0n) is 19.2. The van der Waals surface area contributed by atoms with Crippen molar-refractivity contribution in [1.82, 2.24) is 4.90 Å². The van der Waals surface area contributed by atoms with Crippen molar-refractivity contribution in [2.75, 3.05) is 19.0 Å². The van der Waals surface area contributed by atoms with Crippen LogP contribution < -0.4 is 10.1 Å². The lowest BCUT2D eigenvalue weighted by Gasteiger charge is -2.14. The van der Waals surface area contributed by atoms with Crippen molar-refractivity contribution in [3.8, 4) is 5.75 Å². The van der Waals surface area contributed by atoms with Crippen molar-refractivity contribution in [2.45, 2.75) is 9.79 Å². The number of nitrogens with zero attached hydrogens (tertiary/aromatic N) is 2. The number of para-hydroxylation sites is 2. The second kappa shape index (κ2) is 11.5. The highest BCUT2D eigenvalue weighted by Gasteiger charge is 2.36. The molecule has 1 aliphatic heterocycles. The minimum absolute atomic E-state index is 0.0579. The van der Waals surface area contributed by atoms with E-state index in [-0.39, 0.29) is 10.6 Å². The number of hydrogen-bond donors (Lipinski definition) is 1. The molecule has 1 heterocycles. The lowest BCUT2D eigenvalue weighted by molar-refractivity contribution is -0.387. The van der Waals surface area contributed by atoms with Gasteiger partial charge in [-0.1, -0.05) is 41.6 Å². The van der Waals surface area contributed by atoms with E-state index in [2.05, 4.69) is 5.32 Å². The number of imide groups is 1. The Balaban J connectivity index is 1.50. The molecule has 1 fully saturated rings. The Bertz CT molecular complexity index is 1430. The average Bonchev–Trinajstić information content (AvgIpc) is 3.13. The highest BCUT2D eigenvalue weighted by Crippen LogP contribution is 2.38. The van der Waals surface area contributed by atoms with Gasteiger partial charge in [-0.2, -0.15) is 0 Å². The maximum Gasteiger partial charge on any atom is 0.294 e. The maximum absolute atomic E-state index is 12.8. The van der Waals surface area contributed by atoms with E-state index in [9.17, 15) is 24.5 Å². The molecule has 37 heavy (non-hydrogen) atoms. The third-order valence-electron chi connectivity index (χ3n) is 5.08. The van der Waals surface area contributed by atoms with E-state index < -0.39 is 28.5 Å². The number of halogens is 1. The van der Waals surface area contributed by atoms with Crippen LogP contribution in [0.2, 0.25) is 5.02 Å². The molecule has 0 aliphatic carbocycles. The third kappa shape index (κ3) is 6.31. The van der Waals surface area contributed by atoms with E-state index in [4.69, 9.17) is 16.3 Å². The molecule has 4 rings (SSSR count). The lowest BCUT2D eigenvalue weighted by atomic mass is 10.2. The first kappa shape index (κ1) is 26.3. The summed E-state index contributed by atoms with van der Waals surface area (Å²) in [6.45, 7) is -0.489. The van der Waals surface area contributed by atoms with Gasteiger partial charge in [-0.3, -0.25) is 29.4 Å². The molecule has 188 valence electrons. The van der Waals surface area contributed by atoms with Crippen LogP contribution in [0.3, 0.4) is 0 Å². The van der Waals surface area contributed by atoms with Crippen LogP contribution in [0.5, 0.6) is 5.75 Å². The Morgan fingerprint density at radius 2 is 1.89 bits per heavy atom. The topological polar surface area (TPSA) is 119 Å². The predicted octanol–water partition coefficient (Wildman–Crippen LogP) is 6.08. The van der Waals surface area contributed by atoms with Crippen LogP contribution in [-0.2, 0) is 9.59 Å². The summed E-state index contributed by atoms with van der Waals surface area (Å²) >= 11 is 7.77. The van der Waals surface area contributed by atoms with Crippen LogP contribution >= 0.6 is 35.1 Å². The number of anilines is 1. The molecule has 0 radical (unpaired) electrons. The van der Waals surface area contributed by atoms with E-state index in [1.165, 1.54) is 31.0 Å². The fraction of sp³-hybridized carbons (Fsp3) is 0.0800. The van der Waals surface area contributed by atoms with E-state index in [0.717, 1.165) is 9.80 Å². The van der Waals surface area contributed by atoms with Gasteiger partial charge in [0.15, 0.2) is 0 Å². The molecule has 3 aromatic carbocycles. The number of carbonyl (C=O) groups excluding carboxylic acids is 3. The van der Waals surface area contributed by atoms with Crippen LogP contribution in [0.25, 0.3) is 6.08 Å². The molecule has 3 amide bonds. The molecule has 9 nitrogen and oxygen atoms in total. The summed E-state index contributed by atoms with van der Waals surface area (Å²) in [7, 11) is 1.46. The maximum atomic E-state index is 12.8. The van der Waals surface area contributed by atoms with Gasteiger partial charge in [0.2, 0.25) is 5.91 Å². The predicted molar refractivity (Wildman–Crippen MR) is 143 cm³/mol. The molecule has 0 bridgehead atoms. The monoisotopic (exact) mass is 555 g/mol. The summed E-state index contributed by atoms with van der Waals surface area (Å²) in [5.41, 5.74) is 0.627. The second-order valence-corrected chi connectivity index (χ2v) is 10.1. The normalized spacial score (nSPS) is 14.2. The zero-order chi connectivity index (χ0) is 26.5. The highest BCUT2D eigenvalue weighted by atomic mass is 35.5. The number of rotatable bonds is 8. The van der Waals surface area contributed by atoms with Gasteiger partial charge >= 0.3 is 0 Å². The summed E-state index contributed by atoms with van der Waals surface area (Å²) in [6, 6.07) is 18.2. The molecule has 0 spiro atoms. The first-order valence-corrected chi connectivity index (χ1v) is 12.7. The number of amides is 3. The number of thioether (sulfide) groups is 1. The summed E-state index contributed by atoms with van der Waals surface area (Å²) in [6.07, 6.45) is 1.40. The van der Waals surface area contributed by atoms with Crippen molar-refractivity contribution in [3.63, 3.8) is 0 Å². The molecular weight excluding hydrogens is 538 g/mol. The van der Waals surface area contributed by atoms with Gasteiger partial charge in [0.05, 0.1) is 27.5 Å². The number of carbonyl (C=O) groups is 3. The van der Waals surface area contributed by atoms with Gasteiger partial charge in [-0.15, -0.1) is 0 Å². The first-order chi connectivity index (χ1) is 17.7. The number of nitro groups is 1. The van der Waals surface area contributed by atoms with Crippen LogP contribution in [0.15, 0.2) is 81.4 Å². The molecule has 0 atom stereocenters. The van der Waals surface area contributed by atoms with Crippen LogP contribution in [0.1, 0.15) is 5.56 Å². The zero-order valence-corrected chi connectivity index (χ0v) is 21.6. The Labute approximate surface area is 225 Å². The van der Waals surface area contributed by atoms with E-state index >= 15 is 0 Å². The largest absolute Gasteiger partial charge is 0.495 e. The van der Waals surface area contributed by atoms with Crippen LogP contribution in [0, 0.1) is 10.1 Å². The van der Waals surface area contributed by atoms with Crippen molar-refractivity contribution in [2.24, 2.45) is 0 Å². The van der Waals surface area contributed by atoms with Crippen molar-refractivity contribution in [3.05, 3.63) is 92.3 Å². The van der Waals surface area contributed by atoms with E-state index in [0.29, 0.717) is 38.7 Å². The van der Waals surface area contributed by atoms with Gasteiger partial charge in [-0.25, -0.2) is 0 Å². The fourth-order valence-corrected chi connectivity index (χ4v) is 5.22. The molecule has 12 heteroatoms. The van der Waals surface area contributed by atoms with Crippen molar-refractivity contribution >= 4 is 69.6 Å². The summed E-state index contributed by atoms with van der Waals surface area (Å²) in [4.78, 5) is 51.0. The van der Waals surface area contributed by atoms with Crippen LogP contribution in [0.4, 0.5) is 16.2 Å². The quantitative estimate of drug-likeness (QED) is 0.202. The molecule has 1 aliphatic rings. The number of methoxy groups -OCH3 is 1. The summed E-state index contributed by atoms with van der Waals surface area (Å²) in [5.74, 6) is -0.802. The fourth-order valence-electron chi connectivity index (χ4n) is 3.35. The molecule has 0 aromatic heterocycles. The number of ether oxygens (including phenoxy) is 1. The molecule has 3 aromatic rings. The number of hydrogen-bond acceptors (Lipinski definition) is 8. The lowest BCUT2D eigenvalue weighted by Crippen LogP contribution is -2.36. The number of nitrogens with one attached hydrogen (secondary N) is 1. The van der Waals surface area contributed by atoms with Gasteiger partial charge in [0, 0.05) is 16.0 Å². The van der Waals surface area contributed by atoms with E-state index in [1.54, 1.807) is 60.7 Å². The molecule has 0 saturated carbocycles. The SMILES string of the molecule is COc1ccccc1NC(=O)CN1C(=O)SC(=Cc2ccc(Sc3ccc(Cl)cc3)c([N+](=O)[O-])c2)C1=O. The smallest absolute Gasteiger partial charge is 0.294 e. The Morgan fingerprint density at radius 3 is 2.59 bits per heavy atom. The number of benzene rings is 3. The van der Waals surface area contributed by atoms with Crippen molar-refractivity contribution < 1.29 is 24.0 Å². The second-order valence-electron chi connectivity index (χ2n) is 7.56. The van der Waals surface area contributed by atoms with Gasteiger partial charge in [-0.05, 0) is 65.9 Å². The van der Waals surface area contributed by atoms with Crippen molar-refractivity contribution in [1.29, 1.82) is 0 Å². The minimum atomic E-state index is -0.660. The van der Waals surface area contributed by atoms with Gasteiger partial charge < -0.3 is 10.1 Å². The Morgan fingerprint density at radius 1 is 1.16 bits per heavy atom. The third-order valence-corrected chi connectivity index (χ3v) is 7.31.